The maximum absolute atomic E-state index is 11.9. The molecular formula is C15H20N2O3. The van der Waals surface area contributed by atoms with Crippen LogP contribution in [0.1, 0.15) is 25.3 Å². The zero-order valence-electron chi connectivity index (χ0n) is 11.5. The van der Waals surface area contributed by atoms with Crippen LogP contribution in [0.25, 0.3) is 6.08 Å². The summed E-state index contributed by atoms with van der Waals surface area (Å²) >= 11 is 0. The molecule has 0 aliphatic rings. The van der Waals surface area contributed by atoms with E-state index < -0.39 is 5.97 Å². The second-order valence-electron chi connectivity index (χ2n) is 4.61. The van der Waals surface area contributed by atoms with Gasteiger partial charge in [0.15, 0.2) is 0 Å². The standard InChI is InChI=1S/C15H20N2O3/c1-11(3-2-10-16)15(20)17-13-7-4-12(5-8-13)6-9-14(18)19/h4-9,11H,2-3,10,16H2,1H3,(H,17,20)(H,18,19)/b9-6+. The summed E-state index contributed by atoms with van der Waals surface area (Å²) in [7, 11) is 0. The van der Waals surface area contributed by atoms with E-state index in [0.717, 1.165) is 24.5 Å². The van der Waals surface area contributed by atoms with Crippen molar-refractivity contribution >= 4 is 23.6 Å². The molecule has 0 aliphatic heterocycles. The summed E-state index contributed by atoms with van der Waals surface area (Å²) in [6, 6.07) is 6.99. The van der Waals surface area contributed by atoms with Crippen LogP contribution < -0.4 is 11.1 Å². The van der Waals surface area contributed by atoms with Gasteiger partial charge in [-0.05, 0) is 43.2 Å². The Morgan fingerprint density at radius 2 is 2.00 bits per heavy atom. The predicted molar refractivity (Wildman–Crippen MR) is 79.2 cm³/mol. The number of rotatable bonds is 7. The third-order valence-corrected chi connectivity index (χ3v) is 2.89. The zero-order chi connectivity index (χ0) is 15.0. The molecule has 0 saturated carbocycles. The quantitative estimate of drug-likeness (QED) is 0.665. The van der Waals surface area contributed by atoms with Gasteiger partial charge in [-0.1, -0.05) is 19.1 Å². The number of aliphatic carboxylic acids is 1. The minimum atomic E-state index is -0.990. The summed E-state index contributed by atoms with van der Waals surface area (Å²) in [6.45, 7) is 2.46. The van der Waals surface area contributed by atoms with Crippen molar-refractivity contribution in [2.24, 2.45) is 11.7 Å². The first-order valence-corrected chi connectivity index (χ1v) is 6.55. The van der Waals surface area contributed by atoms with Gasteiger partial charge in [-0.3, -0.25) is 4.79 Å². The van der Waals surface area contributed by atoms with Crippen LogP contribution in [-0.4, -0.2) is 23.5 Å². The Morgan fingerprint density at radius 3 is 2.55 bits per heavy atom. The minimum absolute atomic E-state index is 0.0349. The predicted octanol–water partition coefficient (Wildman–Crippen LogP) is 2.10. The highest BCUT2D eigenvalue weighted by molar-refractivity contribution is 5.92. The van der Waals surface area contributed by atoms with Gasteiger partial charge in [0.25, 0.3) is 0 Å². The van der Waals surface area contributed by atoms with Crippen molar-refractivity contribution in [1.29, 1.82) is 0 Å². The fourth-order valence-corrected chi connectivity index (χ4v) is 1.67. The SMILES string of the molecule is CC(CCCN)C(=O)Nc1ccc(/C=C/C(=O)O)cc1. The van der Waals surface area contributed by atoms with E-state index in [1.807, 2.05) is 6.92 Å². The smallest absolute Gasteiger partial charge is 0.328 e. The molecule has 108 valence electrons. The van der Waals surface area contributed by atoms with Gasteiger partial charge < -0.3 is 16.2 Å². The lowest BCUT2D eigenvalue weighted by atomic mass is 10.0. The second kappa shape index (κ2) is 8.12. The summed E-state index contributed by atoms with van der Waals surface area (Å²) in [5.74, 6) is -1.10. The van der Waals surface area contributed by atoms with Crippen LogP contribution in [0.15, 0.2) is 30.3 Å². The Labute approximate surface area is 118 Å². The lowest BCUT2D eigenvalue weighted by molar-refractivity contribution is -0.131. The van der Waals surface area contributed by atoms with Gasteiger partial charge >= 0.3 is 5.97 Å². The molecule has 0 aromatic heterocycles. The van der Waals surface area contributed by atoms with Crippen LogP contribution in [-0.2, 0) is 9.59 Å². The first-order chi connectivity index (χ1) is 9.52. The molecule has 0 fully saturated rings. The molecule has 20 heavy (non-hydrogen) atoms. The number of carbonyl (C=O) groups excluding carboxylic acids is 1. The van der Waals surface area contributed by atoms with Crippen molar-refractivity contribution in [3.05, 3.63) is 35.9 Å². The molecule has 0 bridgehead atoms. The van der Waals surface area contributed by atoms with E-state index in [1.165, 1.54) is 6.08 Å². The molecule has 0 radical (unpaired) electrons. The van der Waals surface area contributed by atoms with Crippen LogP contribution in [0.5, 0.6) is 0 Å². The molecule has 5 heteroatoms. The first-order valence-electron chi connectivity index (χ1n) is 6.55. The van der Waals surface area contributed by atoms with E-state index in [-0.39, 0.29) is 11.8 Å². The van der Waals surface area contributed by atoms with E-state index in [0.29, 0.717) is 12.2 Å². The van der Waals surface area contributed by atoms with Crippen LogP contribution in [0.3, 0.4) is 0 Å². The van der Waals surface area contributed by atoms with Crippen molar-refractivity contribution in [2.45, 2.75) is 19.8 Å². The van der Waals surface area contributed by atoms with Crippen molar-refractivity contribution < 1.29 is 14.7 Å². The van der Waals surface area contributed by atoms with Crippen LogP contribution in [0.2, 0.25) is 0 Å². The van der Waals surface area contributed by atoms with Crippen molar-refractivity contribution in [2.75, 3.05) is 11.9 Å². The highest BCUT2D eigenvalue weighted by atomic mass is 16.4. The van der Waals surface area contributed by atoms with Gasteiger partial charge in [-0.2, -0.15) is 0 Å². The van der Waals surface area contributed by atoms with Crippen LogP contribution in [0.4, 0.5) is 5.69 Å². The van der Waals surface area contributed by atoms with Crippen LogP contribution >= 0.6 is 0 Å². The zero-order valence-corrected chi connectivity index (χ0v) is 11.5. The molecule has 0 saturated heterocycles. The van der Waals surface area contributed by atoms with Gasteiger partial charge in [0.05, 0.1) is 0 Å². The summed E-state index contributed by atoms with van der Waals surface area (Å²) in [5.41, 5.74) is 6.88. The third kappa shape index (κ3) is 5.67. The molecule has 0 aliphatic carbocycles. The summed E-state index contributed by atoms with van der Waals surface area (Å²) in [4.78, 5) is 22.3. The lowest BCUT2D eigenvalue weighted by Gasteiger charge is -2.11. The Morgan fingerprint density at radius 1 is 1.35 bits per heavy atom. The molecule has 5 nitrogen and oxygen atoms in total. The Balaban J connectivity index is 2.56. The summed E-state index contributed by atoms with van der Waals surface area (Å²) < 4.78 is 0. The first kappa shape index (κ1) is 15.9. The number of carbonyl (C=O) groups is 2. The number of amides is 1. The summed E-state index contributed by atoms with van der Waals surface area (Å²) in [5, 5.41) is 11.4. The maximum atomic E-state index is 11.9. The molecule has 1 rings (SSSR count). The van der Waals surface area contributed by atoms with Gasteiger partial charge in [0.1, 0.15) is 0 Å². The van der Waals surface area contributed by atoms with Gasteiger partial charge in [-0.15, -0.1) is 0 Å². The Kier molecular flexibility index (Phi) is 6.46. The molecule has 1 amide bonds. The minimum Gasteiger partial charge on any atom is -0.478 e. The van der Waals surface area contributed by atoms with Gasteiger partial charge in [0.2, 0.25) is 5.91 Å². The molecule has 4 N–H and O–H groups in total. The van der Waals surface area contributed by atoms with Crippen molar-refractivity contribution in [3.8, 4) is 0 Å². The molecule has 1 aromatic rings. The number of anilines is 1. The number of hydrogen-bond acceptors (Lipinski definition) is 3. The Bertz CT molecular complexity index is 480. The van der Waals surface area contributed by atoms with Gasteiger partial charge in [-0.25, -0.2) is 4.79 Å². The van der Waals surface area contributed by atoms with E-state index in [9.17, 15) is 9.59 Å². The van der Waals surface area contributed by atoms with Crippen molar-refractivity contribution in [1.82, 2.24) is 0 Å². The van der Waals surface area contributed by atoms with Gasteiger partial charge in [0, 0.05) is 17.7 Å². The lowest BCUT2D eigenvalue weighted by Crippen LogP contribution is -2.21. The highest BCUT2D eigenvalue weighted by Crippen LogP contribution is 2.13. The van der Waals surface area contributed by atoms with Crippen molar-refractivity contribution in [3.63, 3.8) is 0 Å². The topological polar surface area (TPSA) is 92.4 Å². The van der Waals surface area contributed by atoms with Crippen LogP contribution in [0, 0.1) is 5.92 Å². The fourth-order valence-electron chi connectivity index (χ4n) is 1.67. The van der Waals surface area contributed by atoms with E-state index in [4.69, 9.17) is 10.8 Å². The highest BCUT2D eigenvalue weighted by Gasteiger charge is 2.12. The number of hydrogen-bond donors (Lipinski definition) is 3. The van der Waals surface area contributed by atoms with E-state index >= 15 is 0 Å². The van der Waals surface area contributed by atoms with E-state index in [2.05, 4.69) is 5.32 Å². The molecule has 0 spiro atoms. The summed E-state index contributed by atoms with van der Waals surface area (Å²) in [6.07, 6.45) is 4.16. The average molecular weight is 276 g/mol. The molecule has 1 aromatic carbocycles. The fraction of sp³-hybridized carbons (Fsp3) is 0.333. The normalized spacial score (nSPS) is 12.3. The second-order valence-corrected chi connectivity index (χ2v) is 4.61. The average Bonchev–Trinajstić information content (AvgIpc) is 2.43. The number of carboxylic acids is 1. The number of nitrogens with one attached hydrogen (secondary N) is 1. The molecular weight excluding hydrogens is 256 g/mol. The number of benzene rings is 1. The molecule has 1 atom stereocenters. The maximum Gasteiger partial charge on any atom is 0.328 e. The number of carboxylic acid groups (broad SMARTS) is 1. The molecule has 1 unspecified atom stereocenters. The third-order valence-electron chi connectivity index (χ3n) is 2.89. The van der Waals surface area contributed by atoms with E-state index in [1.54, 1.807) is 24.3 Å². The number of nitrogens with two attached hydrogens (primary N) is 1. The molecule has 0 heterocycles. The largest absolute Gasteiger partial charge is 0.478 e. The monoisotopic (exact) mass is 276 g/mol. The Hall–Kier alpha value is -2.14.